The van der Waals surface area contributed by atoms with Crippen molar-refractivity contribution in [2.24, 2.45) is 0 Å². The SMILES string of the molecule is c1ccc(-c2ccc(N(c3ccccc3-c3ccccc3)c3cccc4c3-c3cc5ccccc5cc3-c3ccc(-c5ccccc5)cc3O4)cc2)cc1. The van der Waals surface area contributed by atoms with E-state index in [4.69, 9.17) is 4.74 Å². The van der Waals surface area contributed by atoms with Crippen LogP contribution in [-0.4, -0.2) is 0 Å². The Hall–Kier alpha value is -7.16. The molecule has 9 aromatic carbocycles. The van der Waals surface area contributed by atoms with E-state index in [-0.39, 0.29) is 0 Å². The molecule has 0 fully saturated rings. The number of para-hydroxylation sites is 1. The van der Waals surface area contributed by atoms with E-state index >= 15 is 0 Å². The summed E-state index contributed by atoms with van der Waals surface area (Å²) in [6.45, 7) is 0. The average Bonchev–Trinajstić information content (AvgIpc) is 3.38. The number of benzene rings is 9. The Bertz CT molecular complexity index is 2770. The Morgan fingerprint density at radius 2 is 0.833 bits per heavy atom. The van der Waals surface area contributed by atoms with Crippen molar-refractivity contribution in [2.75, 3.05) is 4.90 Å². The van der Waals surface area contributed by atoms with Crippen molar-refractivity contribution >= 4 is 27.8 Å². The molecule has 0 aromatic heterocycles. The van der Waals surface area contributed by atoms with Crippen LogP contribution < -0.4 is 9.64 Å². The number of hydrogen-bond acceptors (Lipinski definition) is 2. The highest BCUT2D eigenvalue weighted by Gasteiger charge is 2.28. The van der Waals surface area contributed by atoms with E-state index in [2.05, 4.69) is 217 Å². The molecular weight excluding hydrogens is 655 g/mol. The van der Waals surface area contributed by atoms with Gasteiger partial charge in [0.15, 0.2) is 0 Å². The summed E-state index contributed by atoms with van der Waals surface area (Å²) in [6, 6.07) is 75.8. The fraction of sp³-hybridized carbons (Fsp3) is 0. The molecule has 254 valence electrons. The molecule has 0 amide bonds. The normalized spacial score (nSPS) is 11.5. The van der Waals surface area contributed by atoms with Gasteiger partial charge in [0, 0.05) is 22.4 Å². The van der Waals surface area contributed by atoms with Crippen molar-refractivity contribution in [3.8, 4) is 67.1 Å². The number of anilines is 3. The van der Waals surface area contributed by atoms with Crippen LogP contribution in [0.2, 0.25) is 0 Å². The fourth-order valence-corrected chi connectivity index (χ4v) is 7.86. The van der Waals surface area contributed by atoms with E-state index in [0.717, 1.165) is 73.1 Å². The Morgan fingerprint density at radius 1 is 0.296 bits per heavy atom. The lowest BCUT2D eigenvalue weighted by Gasteiger charge is -2.30. The molecule has 0 N–H and O–H groups in total. The summed E-state index contributed by atoms with van der Waals surface area (Å²) >= 11 is 0. The molecule has 2 nitrogen and oxygen atoms in total. The summed E-state index contributed by atoms with van der Waals surface area (Å²) in [5, 5.41) is 2.38. The molecular formula is C52H35NO. The quantitative estimate of drug-likeness (QED) is 0.172. The second-order valence-corrected chi connectivity index (χ2v) is 13.7. The van der Waals surface area contributed by atoms with Gasteiger partial charge < -0.3 is 9.64 Å². The van der Waals surface area contributed by atoms with Gasteiger partial charge in [0.2, 0.25) is 0 Å². The lowest BCUT2D eigenvalue weighted by molar-refractivity contribution is 0.488. The van der Waals surface area contributed by atoms with Crippen molar-refractivity contribution in [3.63, 3.8) is 0 Å². The van der Waals surface area contributed by atoms with Crippen molar-refractivity contribution < 1.29 is 4.74 Å². The van der Waals surface area contributed by atoms with Crippen molar-refractivity contribution in [1.29, 1.82) is 0 Å². The smallest absolute Gasteiger partial charge is 0.137 e. The maximum absolute atomic E-state index is 7.10. The Morgan fingerprint density at radius 3 is 1.54 bits per heavy atom. The van der Waals surface area contributed by atoms with E-state index in [1.165, 1.54) is 21.9 Å². The molecule has 1 aliphatic heterocycles. The molecule has 1 heterocycles. The van der Waals surface area contributed by atoms with Crippen LogP contribution in [0.15, 0.2) is 212 Å². The van der Waals surface area contributed by atoms with Crippen LogP contribution in [0.4, 0.5) is 17.1 Å². The van der Waals surface area contributed by atoms with Gasteiger partial charge in [-0.05, 0) is 104 Å². The summed E-state index contributed by atoms with van der Waals surface area (Å²) in [4.78, 5) is 2.41. The predicted molar refractivity (Wildman–Crippen MR) is 226 cm³/mol. The summed E-state index contributed by atoms with van der Waals surface area (Å²) in [5.41, 5.74) is 14.5. The maximum Gasteiger partial charge on any atom is 0.137 e. The molecule has 0 atom stereocenters. The summed E-state index contributed by atoms with van der Waals surface area (Å²) in [5.74, 6) is 1.66. The molecule has 2 heteroatoms. The molecule has 0 saturated heterocycles. The Labute approximate surface area is 315 Å². The molecule has 1 aliphatic rings. The highest BCUT2D eigenvalue weighted by molar-refractivity contribution is 6.05. The van der Waals surface area contributed by atoms with Gasteiger partial charge in [0.25, 0.3) is 0 Å². The second-order valence-electron chi connectivity index (χ2n) is 13.7. The minimum absolute atomic E-state index is 0.816. The van der Waals surface area contributed by atoms with Crippen molar-refractivity contribution in [1.82, 2.24) is 0 Å². The molecule has 0 saturated carbocycles. The van der Waals surface area contributed by atoms with Gasteiger partial charge in [-0.2, -0.15) is 0 Å². The molecule has 9 aromatic rings. The zero-order valence-electron chi connectivity index (χ0n) is 29.6. The first-order valence-electron chi connectivity index (χ1n) is 18.4. The standard InChI is InChI=1S/C52H35NO/c1-4-15-36(16-5-1)38-27-30-43(31-28-38)53(48-24-13-12-23-44(48)39-19-8-3-9-20-39)49-25-14-26-50-52(49)47-34-41-22-11-10-21-40(41)33-46(47)45-32-29-42(35-51(45)54-50)37-17-6-2-7-18-37/h1-35H. The lowest BCUT2D eigenvalue weighted by atomic mass is 9.89. The third kappa shape index (κ3) is 5.62. The van der Waals surface area contributed by atoms with Gasteiger partial charge in [-0.3, -0.25) is 0 Å². The molecule has 0 unspecified atom stereocenters. The second kappa shape index (κ2) is 13.4. The number of hydrogen-bond donors (Lipinski definition) is 0. The van der Waals surface area contributed by atoms with Crippen LogP contribution >= 0.6 is 0 Å². The first-order chi connectivity index (χ1) is 26.8. The van der Waals surface area contributed by atoms with E-state index in [1.807, 2.05) is 0 Å². The van der Waals surface area contributed by atoms with E-state index < -0.39 is 0 Å². The zero-order chi connectivity index (χ0) is 35.8. The third-order valence-corrected chi connectivity index (χ3v) is 10.5. The highest BCUT2D eigenvalue weighted by Crippen LogP contribution is 2.54. The van der Waals surface area contributed by atoms with E-state index in [0.29, 0.717) is 0 Å². The largest absolute Gasteiger partial charge is 0.456 e. The first kappa shape index (κ1) is 31.6. The fourth-order valence-electron chi connectivity index (χ4n) is 7.86. The van der Waals surface area contributed by atoms with Crippen molar-refractivity contribution in [2.45, 2.75) is 0 Å². The van der Waals surface area contributed by atoms with E-state index in [9.17, 15) is 0 Å². The summed E-state index contributed by atoms with van der Waals surface area (Å²) < 4.78 is 7.10. The molecule has 0 aliphatic carbocycles. The summed E-state index contributed by atoms with van der Waals surface area (Å²) in [7, 11) is 0. The highest BCUT2D eigenvalue weighted by atomic mass is 16.5. The molecule has 0 spiro atoms. The van der Waals surface area contributed by atoms with Crippen LogP contribution in [0, 0.1) is 0 Å². The molecule has 0 radical (unpaired) electrons. The van der Waals surface area contributed by atoms with Gasteiger partial charge in [-0.1, -0.05) is 158 Å². The minimum Gasteiger partial charge on any atom is -0.456 e. The molecule has 0 bridgehead atoms. The predicted octanol–water partition coefficient (Wildman–Crippen LogP) is 14.8. The summed E-state index contributed by atoms with van der Waals surface area (Å²) in [6.07, 6.45) is 0. The number of ether oxygens (including phenoxy) is 1. The number of rotatable bonds is 6. The monoisotopic (exact) mass is 689 g/mol. The average molecular weight is 690 g/mol. The topological polar surface area (TPSA) is 12.5 Å². The van der Waals surface area contributed by atoms with Crippen LogP contribution in [0.1, 0.15) is 0 Å². The molecule has 54 heavy (non-hydrogen) atoms. The minimum atomic E-state index is 0.816. The van der Waals surface area contributed by atoms with Gasteiger partial charge in [0.05, 0.1) is 11.4 Å². The zero-order valence-corrected chi connectivity index (χ0v) is 29.6. The van der Waals surface area contributed by atoms with Crippen molar-refractivity contribution in [3.05, 3.63) is 212 Å². The number of nitrogens with zero attached hydrogens (tertiary/aromatic N) is 1. The van der Waals surface area contributed by atoms with Crippen LogP contribution in [0.3, 0.4) is 0 Å². The van der Waals surface area contributed by atoms with Gasteiger partial charge in [0.1, 0.15) is 11.5 Å². The van der Waals surface area contributed by atoms with Gasteiger partial charge >= 0.3 is 0 Å². The third-order valence-electron chi connectivity index (χ3n) is 10.5. The van der Waals surface area contributed by atoms with Crippen LogP contribution in [0.25, 0.3) is 66.4 Å². The first-order valence-corrected chi connectivity index (χ1v) is 18.4. The molecule has 10 rings (SSSR count). The maximum atomic E-state index is 7.10. The van der Waals surface area contributed by atoms with E-state index in [1.54, 1.807) is 0 Å². The van der Waals surface area contributed by atoms with Crippen LogP contribution in [0.5, 0.6) is 11.5 Å². The Kier molecular flexibility index (Phi) is 7.85. The number of fused-ring (bicyclic) bond motifs is 6. The lowest BCUT2D eigenvalue weighted by Crippen LogP contribution is -2.13. The van der Waals surface area contributed by atoms with Gasteiger partial charge in [-0.15, -0.1) is 0 Å². The van der Waals surface area contributed by atoms with Crippen LogP contribution in [-0.2, 0) is 0 Å². The van der Waals surface area contributed by atoms with Gasteiger partial charge in [-0.25, -0.2) is 0 Å². The Balaban J connectivity index is 1.24.